The van der Waals surface area contributed by atoms with E-state index in [0.29, 0.717) is 12.0 Å². The van der Waals surface area contributed by atoms with Gasteiger partial charge >= 0.3 is 0 Å². The number of rotatable bonds is 6. The molecule has 5 N–H and O–H groups in total. The SMILES string of the molecule is COc1cc(C2c3cc(C)c(O)cc3C[C@H](CO)[C@H]2CO[C@@H]2OC[C@@H](O)[C@H](O)[C@H]2O)ccc1F. The molecule has 8 nitrogen and oxygen atoms in total. The van der Waals surface area contributed by atoms with Crippen LogP contribution < -0.4 is 4.74 Å². The van der Waals surface area contributed by atoms with Gasteiger partial charge in [0.15, 0.2) is 17.9 Å². The Kier molecular flexibility index (Phi) is 7.42. The number of phenolic OH excluding ortho intramolecular Hbond substituents is 1. The van der Waals surface area contributed by atoms with Gasteiger partial charge in [-0.2, -0.15) is 0 Å². The van der Waals surface area contributed by atoms with E-state index in [1.54, 1.807) is 25.1 Å². The molecular formula is C25H31FO8. The van der Waals surface area contributed by atoms with Crippen LogP contribution in [0.1, 0.15) is 28.2 Å². The first kappa shape index (κ1) is 24.8. The lowest BCUT2D eigenvalue weighted by molar-refractivity contribution is -0.274. The number of aliphatic hydroxyl groups is 4. The smallest absolute Gasteiger partial charge is 0.186 e. The molecule has 34 heavy (non-hydrogen) atoms. The lowest BCUT2D eigenvalue weighted by atomic mass is 9.66. The fourth-order valence-corrected chi connectivity index (χ4v) is 5.03. The number of benzene rings is 2. The van der Waals surface area contributed by atoms with Crippen LogP contribution in [0.25, 0.3) is 0 Å². The number of fused-ring (bicyclic) bond motifs is 1. The number of halogens is 1. The van der Waals surface area contributed by atoms with Crippen LogP contribution in [0.3, 0.4) is 0 Å². The minimum absolute atomic E-state index is 0.0551. The summed E-state index contributed by atoms with van der Waals surface area (Å²) in [5.74, 6) is -1.17. The topological polar surface area (TPSA) is 129 Å². The monoisotopic (exact) mass is 478 g/mol. The molecule has 0 saturated carbocycles. The van der Waals surface area contributed by atoms with Gasteiger partial charge in [0.1, 0.15) is 24.1 Å². The van der Waals surface area contributed by atoms with Crippen LogP contribution in [0.2, 0.25) is 0 Å². The third-order valence-corrected chi connectivity index (χ3v) is 6.98. The number of phenols is 1. The van der Waals surface area contributed by atoms with Crippen LogP contribution >= 0.6 is 0 Å². The van der Waals surface area contributed by atoms with Crippen LogP contribution in [-0.4, -0.2) is 77.1 Å². The molecule has 186 valence electrons. The van der Waals surface area contributed by atoms with Crippen LogP contribution in [-0.2, 0) is 15.9 Å². The van der Waals surface area contributed by atoms with Crippen molar-refractivity contribution in [1.82, 2.24) is 0 Å². The summed E-state index contributed by atoms with van der Waals surface area (Å²) < 4.78 is 30.6. The molecule has 1 aliphatic carbocycles. The van der Waals surface area contributed by atoms with Gasteiger partial charge in [-0.15, -0.1) is 0 Å². The molecule has 2 aliphatic rings. The van der Waals surface area contributed by atoms with E-state index in [0.717, 1.165) is 16.7 Å². The Hall–Kier alpha value is -2.27. The van der Waals surface area contributed by atoms with Gasteiger partial charge in [-0.25, -0.2) is 4.39 Å². The first-order valence-electron chi connectivity index (χ1n) is 11.3. The molecule has 0 aromatic heterocycles. The molecule has 1 fully saturated rings. The minimum atomic E-state index is -1.43. The van der Waals surface area contributed by atoms with E-state index in [1.807, 2.05) is 6.07 Å². The summed E-state index contributed by atoms with van der Waals surface area (Å²) in [4.78, 5) is 0. The molecule has 9 heteroatoms. The Morgan fingerprint density at radius 2 is 1.88 bits per heavy atom. The highest BCUT2D eigenvalue weighted by atomic mass is 19.1. The van der Waals surface area contributed by atoms with E-state index in [-0.39, 0.29) is 49.1 Å². The molecule has 2 aromatic rings. The maximum atomic E-state index is 14.2. The van der Waals surface area contributed by atoms with E-state index in [9.17, 15) is 29.9 Å². The van der Waals surface area contributed by atoms with Gasteiger partial charge in [0.25, 0.3) is 0 Å². The number of hydrogen-bond donors (Lipinski definition) is 5. The zero-order valence-electron chi connectivity index (χ0n) is 19.1. The standard InChI is InChI=1S/C25H31FO8/c1-12-5-16-14(7-19(12)28)6-15(9-27)17(10-33-25-24(31)23(30)20(29)11-34-25)22(16)13-3-4-18(26)21(8-13)32-2/h3-5,7-8,15,17,20,22-25,27-31H,6,9-11H2,1-2H3/t15-,17-,20-,22?,23+,24-,25-/m1/s1. The normalized spacial score (nSPS) is 31.2. The Labute approximate surface area is 197 Å². The van der Waals surface area contributed by atoms with E-state index in [2.05, 4.69) is 0 Å². The van der Waals surface area contributed by atoms with Crippen molar-refractivity contribution in [1.29, 1.82) is 0 Å². The van der Waals surface area contributed by atoms with Crippen LogP contribution in [0.15, 0.2) is 30.3 Å². The van der Waals surface area contributed by atoms with E-state index in [1.165, 1.54) is 13.2 Å². The van der Waals surface area contributed by atoms with Gasteiger partial charge in [-0.3, -0.25) is 0 Å². The molecular weight excluding hydrogens is 447 g/mol. The van der Waals surface area contributed by atoms with E-state index in [4.69, 9.17) is 14.2 Å². The number of hydrogen-bond acceptors (Lipinski definition) is 8. The van der Waals surface area contributed by atoms with Crippen molar-refractivity contribution in [2.75, 3.05) is 26.9 Å². The number of ether oxygens (including phenoxy) is 3. The van der Waals surface area contributed by atoms with Crippen molar-refractivity contribution in [3.8, 4) is 11.5 Å². The number of methoxy groups -OCH3 is 1. The Bertz CT molecular complexity index is 1010. The Balaban J connectivity index is 1.72. The predicted molar refractivity (Wildman–Crippen MR) is 119 cm³/mol. The summed E-state index contributed by atoms with van der Waals surface area (Å²) in [6.07, 6.45) is -4.71. The summed E-state index contributed by atoms with van der Waals surface area (Å²) in [6, 6.07) is 8.19. The highest BCUT2D eigenvalue weighted by molar-refractivity contribution is 5.49. The predicted octanol–water partition coefficient (Wildman–Crippen LogP) is 1.22. The Morgan fingerprint density at radius 3 is 2.59 bits per heavy atom. The average Bonchev–Trinajstić information content (AvgIpc) is 2.83. The van der Waals surface area contributed by atoms with Crippen molar-refractivity contribution in [2.45, 2.75) is 43.9 Å². The molecule has 0 amide bonds. The van der Waals surface area contributed by atoms with Gasteiger partial charge in [0, 0.05) is 12.5 Å². The summed E-state index contributed by atoms with van der Waals surface area (Å²) in [6.45, 7) is 1.50. The first-order valence-corrected chi connectivity index (χ1v) is 11.3. The van der Waals surface area contributed by atoms with Crippen molar-refractivity contribution < 1.29 is 44.1 Å². The van der Waals surface area contributed by atoms with Crippen molar-refractivity contribution >= 4 is 0 Å². The largest absolute Gasteiger partial charge is 0.508 e. The van der Waals surface area contributed by atoms with E-state index >= 15 is 0 Å². The van der Waals surface area contributed by atoms with E-state index < -0.39 is 30.4 Å². The molecule has 0 radical (unpaired) electrons. The second-order valence-electron chi connectivity index (χ2n) is 9.10. The van der Waals surface area contributed by atoms with Crippen LogP contribution in [0.5, 0.6) is 11.5 Å². The minimum Gasteiger partial charge on any atom is -0.508 e. The molecule has 1 heterocycles. The fourth-order valence-electron chi connectivity index (χ4n) is 5.03. The summed E-state index contributed by atoms with van der Waals surface area (Å²) in [5.41, 5.74) is 3.22. The lowest BCUT2D eigenvalue weighted by Crippen LogP contribution is -2.54. The number of aliphatic hydroxyl groups excluding tert-OH is 4. The van der Waals surface area contributed by atoms with Crippen molar-refractivity contribution in [2.24, 2.45) is 11.8 Å². The molecule has 0 spiro atoms. The molecule has 1 aliphatic heterocycles. The molecule has 4 rings (SSSR count). The lowest BCUT2D eigenvalue weighted by Gasteiger charge is -2.41. The first-order chi connectivity index (χ1) is 16.2. The van der Waals surface area contributed by atoms with Gasteiger partial charge in [0.2, 0.25) is 0 Å². The third kappa shape index (κ3) is 4.64. The molecule has 0 bridgehead atoms. The quantitative estimate of drug-likeness (QED) is 0.419. The molecule has 2 aromatic carbocycles. The zero-order valence-corrected chi connectivity index (χ0v) is 19.1. The third-order valence-electron chi connectivity index (χ3n) is 6.98. The second-order valence-corrected chi connectivity index (χ2v) is 9.10. The molecule has 1 saturated heterocycles. The van der Waals surface area contributed by atoms with Gasteiger partial charge in [-0.05, 0) is 65.6 Å². The number of aryl methyl sites for hydroxylation is 1. The maximum Gasteiger partial charge on any atom is 0.186 e. The highest BCUT2D eigenvalue weighted by Crippen LogP contribution is 2.46. The summed E-state index contributed by atoms with van der Waals surface area (Å²) in [5, 5.41) is 50.5. The average molecular weight is 479 g/mol. The van der Waals surface area contributed by atoms with Gasteiger partial charge < -0.3 is 39.7 Å². The number of aromatic hydroxyl groups is 1. The molecule has 1 unspecified atom stereocenters. The van der Waals surface area contributed by atoms with Crippen LogP contribution in [0, 0.1) is 24.6 Å². The highest BCUT2D eigenvalue weighted by Gasteiger charge is 2.42. The van der Waals surface area contributed by atoms with Crippen LogP contribution in [0.4, 0.5) is 4.39 Å². The van der Waals surface area contributed by atoms with Gasteiger partial charge in [0.05, 0.1) is 20.3 Å². The van der Waals surface area contributed by atoms with Crippen molar-refractivity contribution in [3.05, 3.63) is 58.4 Å². The van der Waals surface area contributed by atoms with Crippen molar-refractivity contribution in [3.63, 3.8) is 0 Å². The summed E-state index contributed by atoms with van der Waals surface area (Å²) >= 11 is 0. The second kappa shape index (κ2) is 10.2. The Morgan fingerprint density at radius 1 is 1.12 bits per heavy atom. The molecule has 7 atom stereocenters. The summed E-state index contributed by atoms with van der Waals surface area (Å²) in [7, 11) is 1.39. The zero-order chi connectivity index (χ0) is 24.6. The fraction of sp³-hybridized carbons (Fsp3) is 0.520. The maximum absolute atomic E-state index is 14.2. The van der Waals surface area contributed by atoms with Gasteiger partial charge in [-0.1, -0.05) is 12.1 Å².